The third kappa shape index (κ3) is 5.25. The van der Waals surface area contributed by atoms with Gasteiger partial charge in [-0.2, -0.15) is 0 Å². The molecule has 0 bridgehead atoms. The summed E-state index contributed by atoms with van der Waals surface area (Å²) in [5, 5.41) is 0. The summed E-state index contributed by atoms with van der Waals surface area (Å²) in [4.78, 5) is 0. The zero-order chi connectivity index (χ0) is 7.11. The van der Waals surface area contributed by atoms with Gasteiger partial charge in [-0.25, -0.2) is 0 Å². The number of hydrogen-bond donors (Lipinski definition) is 0. The molecule has 0 saturated heterocycles. The van der Waals surface area contributed by atoms with Gasteiger partial charge in [-0.05, 0) is 0 Å². The van der Waals surface area contributed by atoms with Crippen molar-refractivity contribution in [3.63, 3.8) is 0 Å². The van der Waals surface area contributed by atoms with Crippen LogP contribution >= 0.6 is 0 Å². The second-order valence-electron chi connectivity index (χ2n) is 2.62. The van der Waals surface area contributed by atoms with Crippen LogP contribution in [0.1, 0.15) is 39.5 Å². The monoisotopic (exact) mass is 233 g/mol. The molecule has 1 heteroatoms. The maximum absolute atomic E-state index is 2.31. The van der Waals surface area contributed by atoms with Crippen LogP contribution in [0.25, 0.3) is 0 Å². The van der Waals surface area contributed by atoms with Crippen molar-refractivity contribution in [1.29, 1.82) is 0 Å². The molecule has 0 aliphatic rings. The molecule has 0 amide bonds. The first kappa shape index (κ1) is 9.80. The van der Waals surface area contributed by atoms with E-state index in [1.54, 1.807) is 22.5 Å². The molecule has 1 unspecified atom stereocenters. The Bertz CT molecular complexity index is 48.5. The second kappa shape index (κ2) is 6.91. The van der Waals surface area contributed by atoms with Gasteiger partial charge in [0.15, 0.2) is 0 Å². The molecule has 0 aromatic rings. The van der Waals surface area contributed by atoms with Gasteiger partial charge in [0.2, 0.25) is 0 Å². The van der Waals surface area contributed by atoms with E-state index in [2.05, 4.69) is 13.8 Å². The van der Waals surface area contributed by atoms with Gasteiger partial charge >= 0.3 is 72.4 Å². The Labute approximate surface area is 72.5 Å². The van der Waals surface area contributed by atoms with Crippen molar-refractivity contribution in [2.75, 3.05) is 0 Å². The summed E-state index contributed by atoms with van der Waals surface area (Å²) in [5.74, 6) is 1.04. The Hall–Kier alpha value is 0.799. The summed E-state index contributed by atoms with van der Waals surface area (Å²) < 4.78 is 1.46. The summed E-state index contributed by atoms with van der Waals surface area (Å²) in [6, 6.07) is 0. The molecular formula is C8H17Sn+. The van der Waals surface area contributed by atoms with Gasteiger partial charge in [-0.1, -0.05) is 0 Å². The van der Waals surface area contributed by atoms with Crippen LogP contribution in [-0.2, 0) is 0 Å². The molecule has 0 rings (SSSR count). The van der Waals surface area contributed by atoms with E-state index in [4.69, 9.17) is 0 Å². The minimum atomic E-state index is 1.04. The Morgan fingerprint density at radius 1 is 1.33 bits per heavy atom. The first-order valence-corrected chi connectivity index (χ1v) is 6.01. The SMILES string of the molecule is CCCCC(CC)[CH2][Sn+]. The van der Waals surface area contributed by atoms with Gasteiger partial charge in [0.25, 0.3) is 0 Å². The minimum absolute atomic E-state index is 1.04. The van der Waals surface area contributed by atoms with E-state index in [-0.39, 0.29) is 0 Å². The van der Waals surface area contributed by atoms with E-state index >= 15 is 0 Å². The Morgan fingerprint density at radius 2 is 2.00 bits per heavy atom. The van der Waals surface area contributed by atoms with Crippen molar-refractivity contribution in [3.8, 4) is 0 Å². The van der Waals surface area contributed by atoms with Crippen molar-refractivity contribution in [2.24, 2.45) is 5.92 Å². The van der Waals surface area contributed by atoms with Crippen molar-refractivity contribution >= 4 is 22.5 Å². The van der Waals surface area contributed by atoms with E-state index in [0.29, 0.717) is 0 Å². The van der Waals surface area contributed by atoms with Crippen LogP contribution in [0.5, 0.6) is 0 Å². The first-order chi connectivity index (χ1) is 4.35. The molecule has 0 aliphatic carbocycles. The van der Waals surface area contributed by atoms with Crippen LogP contribution in [0.3, 0.4) is 0 Å². The van der Waals surface area contributed by atoms with Gasteiger partial charge in [0.05, 0.1) is 0 Å². The van der Waals surface area contributed by atoms with Crippen molar-refractivity contribution in [2.45, 2.75) is 44.0 Å². The molecular weight excluding hydrogens is 215 g/mol. The van der Waals surface area contributed by atoms with Crippen molar-refractivity contribution in [1.82, 2.24) is 0 Å². The van der Waals surface area contributed by atoms with Crippen molar-refractivity contribution < 1.29 is 0 Å². The fourth-order valence-electron chi connectivity index (χ4n) is 0.943. The molecule has 0 aromatic heterocycles. The number of rotatable bonds is 5. The molecule has 2 radical (unpaired) electrons. The fraction of sp³-hybridized carbons (Fsp3) is 1.00. The second-order valence-corrected chi connectivity index (χ2v) is 3.79. The molecule has 0 N–H and O–H groups in total. The van der Waals surface area contributed by atoms with E-state index in [1.807, 2.05) is 0 Å². The van der Waals surface area contributed by atoms with E-state index < -0.39 is 0 Å². The first-order valence-electron chi connectivity index (χ1n) is 3.99. The van der Waals surface area contributed by atoms with Gasteiger partial charge in [0.1, 0.15) is 0 Å². The third-order valence-corrected chi connectivity index (χ3v) is 3.48. The molecule has 0 nitrogen and oxygen atoms in total. The predicted molar refractivity (Wildman–Crippen MR) is 43.9 cm³/mol. The van der Waals surface area contributed by atoms with Crippen LogP contribution in [0.15, 0.2) is 0 Å². The summed E-state index contributed by atoms with van der Waals surface area (Å²) in [7, 11) is 0. The molecule has 52 valence electrons. The van der Waals surface area contributed by atoms with Crippen LogP contribution in [-0.4, -0.2) is 22.5 Å². The predicted octanol–water partition coefficient (Wildman–Crippen LogP) is 2.79. The molecule has 0 fully saturated rings. The molecule has 0 spiro atoms. The van der Waals surface area contributed by atoms with E-state index in [9.17, 15) is 0 Å². The summed E-state index contributed by atoms with van der Waals surface area (Å²) in [6.45, 7) is 4.58. The molecule has 0 saturated carbocycles. The molecule has 1 atom stereocenters. The Balaban J connectivity index is 3.09. The van der Waals surface area contributed by atoms with Gasteiger partial charge in [-0.15, -0.1) is 0 Å². The fourth-order valence-corrected chi connectivity index (χ4v) is 2.35. The average molecular weight is 232 g/mol. The summed E-state index contributed by atoms with van der Waals surface area (Å²) in [5.41, 5.74) is 0. The number of unbranched alkanes of at least 4 members (excludes halogenated alkanes) is 1. The zero-order valence-corrected chi connectivity index (χ0v) is 9.47. The van der Waals surface area contributed by atoms with E-state index in [0.717, 1.165) is 5.92 Å². The maximum atomic E-state index is 2.31. The van der Waals surface area contributed by atoms with E-state index in [1.165, 1.54) is 30.1 Å². The molecule has 0 aromatic carbocycles. The Kier molecular flexibility index (Phi) is 7.53. The molecule has 9 heavy (non-hydrogen) atoms. The molecule has 0 heterocycles. The average Bonchev–Trinajstić information content (AvgIpc) is 1.91. The van der Waals surface area contributed by atoms with Crippen LogP contribution in [0, 0.1) is 5.92 Å². The molecule has 0 aliphatic heterocycles. The normalized spacial score (nSPS) is 13.6. The van der Waals surface area contributed by atoms with Crippen LogP contribution in [0.2, 0.25) is 4.44 Å². The Morgan fingerprint density at radius 3 is 2.33 bits per heavy atom. The third-order valence-electron chi connectivity index (χ3n) is 1.83. The van der Waals surface area contributed by atoms with Gasteiger partial charge in [0, 0.05) is 0 Å². The van der Waals surface area contributed by atoms with Crippen LogP contribution < -0.4 is 0 Å². The zero-order valence-electron chi connectivity index (χ0n) is 6.61. The van der Waals surface area contributed by atoms with Crippen LogP contribution in [0.4, 0.5) is 0 Å². The standard InChI is InChI=1S/C8H17.Sn/c1-4-6-7-8(3)5-2;/h8H,3-7H2,1-2H3;/q;+1. The summed E-state index contributed by atoms with van der Waals surface area (Å²) >= 11 is 1.71. The topological polar surface area (TPSA) is 0 Å². The quantitative estimate of drug-likeness (QED) is 0.639. The van der Waals surface area contributed by atoms with Gasteiger partial charge in [-0.3, -0.25) is 0 Å². The summed E-state index contributed by atoms with van der Waals surface area (Å²) in [6.07, 6.45) is 5.67. The number of hydrogen-bond acceptors (Lipinski definition) is 0. The van der Waals surface area contributed by atoms with Crippen molar-refractivity contribution in [3.05, 3.63) is 0 Å². The van der Waals surface area contributed by atoms with Gasteiger partial charge < -0.3 is 0 Å².